The normalized spacial score (nSPS) is 12.4. The first kappa shape index (κ1) is 14.3. The predicted octanol–water partition coefficient (Wildman–Crippen LogP) is 3.27. The molecule has 0 atom stereocenters. The minimum absolute atomic E-state index is 0.391. The molecule has 2 nitrogen and oxygen atoms in total. The highest BCUT2D eigenvalue weighted by Crippen LogP contribution is 2.36. The number of aryl methyl sites for hydroxylation is 1. The first-order valence-electron chi connectivity index (χ1n) is 4.58. The molecule has 0 heterocycles. The molecule has 1 rings (SSSR count). The van der Waals surface area contributed by atoms with Gasteiger partial charge in [0.2, 0.25) is 0 Å². The molecule has 0 saturated heterocycles. The Kier molecular flexibility index (Phi) is 3.59. The largest absolute Gasteiger partial charge is 0.463 e. The molecule has 0 bridgehead atoms. The van der Waals surface area contributed by atoms with Gasteiger partial charge < -0.3 is 5.32 Å². The van der Waals surface area contributed by atoms with Crippen LogP contribution in [0.2, 0.25) is 0 Å². The average Bonchev–Trinajstić information content (AvgIpc) is 2.21. The number of nitrogens with one attached hydrogen (secondary N) is 1. The summed E-state index contributed by atoms with van der Waals surface area (Å²) >= 11 is 0. The molecule has 0 aliphatic heterocycles. The predicted molar refractivity (Wildman–Crippen MR) is 50.8 cm³/mol. The van der Waals surface area contributed by atoms with Gasteiger partial charge in [-0.15, -0.1) is 0 Å². The first-order valence-corrected chi connectivity index (χ1v) is 4.58. The number of halogens is 6. The number of hydrogen-bond acceptors (Lipinski definition) is 1. The molecule has 0 spiro atoms. The third-order valence-electron chi connectivity index (χ3n) is 2.01. The molecule has 0 radical (unpaired) electrons. The van der Waals surface area contributed by atoms with Gasteiger partial charge in [0.05, 0.1) is 5.69 Å². The van der Waals surface area contributed by atoms with Gasteiger partial charge in [-0.1, -0.05) is 6.07 Å². The summed E-state index contributed by atoms with van der Waals surface area (Å²) in [4.78, 5) is 10.8. The SMILES string of the molecule is Cc1ccc(F)c(NC(=O)C(F)(F)C(F)(F)F)c1. The van der Waals surface area contributed by atoms with Crippen molar-refractivity contribution < 1.29 is 31.1 Å². The van der Waals surface area contributed by atoms with Gasteiger partial charge in [-0.3, -0.25) is 4.79 Å². The zero-order valence-corrected chi connectivity index (χ0v) is 8.91. The number of rotatable bonds is 2. The summed E-state index contributed by atoms with van der Waals surface area (Å²) in [5.74, 6) is -9.31. The zero-order valence-electron chi connectivity index (χ0n) is 8.91. The Balaban J connectivity index is 2.98. The Labute approximate surface area is 97.6 Å². The van der Waals surface area contributed by atoms with Gasteiger partial charge in [0.15, 0.2) is 0 Å². The highest BCUT2D eigenvalue weighted by Gasteiger charge is 2.63. The topological polar surface area (TPSA) is 29.1 Å². The minimum Gasteiger partial charge on any atom is -0.318 e. The van der Waals surface area contributed by atoms with E-state index in [0.29, 0.717) is 5.56 Å². The molecule has 8 heteroatoms. The monoisotopic (exact) mass is 271 g/mol. The number of amides is 1. The van der Waals surface area contributed by atoms with Crippen LogP contribution in [0, 0.1) is 12.7 Å². The number of benzene rings is 1. The quantitative estimate of drug-likeness (QED) is 0.822. The van der Waals surface area contributed by atoms with E-state index in [1.54, 1.807) is 0 Å². The van der Waals surface area contributed by atoms with Gasteiger partial charge in [-0.05, 0) is 24.6 Å². The van der Waals surface area contributed by atoms with E-state index >= 15 is 0 Å². The summed E-state index contributed by atoms with van der Waals surface area (Å²) in [6.07, 6.45) is -6.03. The van der Waals surface area contributed by atoms with Gasteiger partial charge >= 0.3 is 18.0 Å². The van der Waals surface area contributed by atoms with E-state index in [0.717, 1.165) is 12.1 Å². The minimum atomic E-state index is -6.03. The van der Waals surface area contributed by atoms with Gasteiger partial charge in [-0.25, -0.2) is 4.39 Å². The summed E-state index contributed by atoms with van der Waals surface area (Å²) in [5, 5.41) is 1.21. The standard InChI is InChI=1S/C10H7F6NO/c1-5-2-3-6(11)7(4-5)17-8(18)9(12,13)10(14,15)16/h2-4H,1H3,(H,17,18). The zero-order chi connectivity index (χ0) is 14.1. The second-order valence-electron chi connectivity index (χ2n) is 3.51. The van der Waals surface area contributed by atoms with Crippen molar-refractivity contribution in [1.82, 2.24) is 0 Å². The van der Waals surface area contributed by atoms with Crippen LogP contribution in [0.1, 0.15) is 5.56 Å². The Morgan fingerprint density at radius 3 is 2.22 bits per heavy atom. The molecule has 0 aromatic heterocycles. The summed E-state index contributed by atoms with van der Waals surface area (Å²) in [7, 11) is 0. The van der Waals surface area contributed by atoms with Crippen LogP contribution in [0.15, 0.2) is 18.2 Å². The van der Waals surface area contributed by atoms with Crippen LogP contribution in [0.3, 0.4) is 0 Å². The number of carbonyl (C=O) groups excluding carboxylic acids is 1. The van der Waals surface area contributed by atoms with E-state index < -0.39 is 29.5 Å². The molecule has 0 aliphatic rings. The van der Waals surface area contributed by atoms with Crippen LogP contribution >= 0.6 is 0 Å². The van der Waals surface area contributed by atoms with Crippen molar-refractivity contribution in [2.24, 2.45) is 0 Å². The smallest absolute Gasteiger partial charge is 0.318 e. The Morgan fingerprint density at radius 1 is 1.17 bits per heavy atom. The lowest BCUT2D eigenvalue weighted by Crippen LogP contribution is -2.47. The number of carbonyl (C=O) groups is 1. The van der Waals surface area contributed by atoms with Crippen LogP contribution in [-0.2, 0) is 4.79 Å². The average molecular weight is 271 g/mol. The molecule has 18 heavy (non-hydrogen) atoms. The van der Waals surface area contributed by atoms with Crippen molar-refractivity contribution >= 4 is 11.6 Å². The van der Waals surface area contributed by atoms with Crippen LogP contribution in [0.4, 0.5) is 32.0 Å². The fourth-order valence-corrected chi connectivity index (χ4v) is 1.06. The van der Waals surface area contributed by atoms with Crippen molar-refractivity contribution in [1.29, 1.82) is 0 Å². The lowest BCUT2D eigenvalue weighted by molar-refractivity contribution is -0.267. The molecule has 1 aromatic carbocycles. The van der Waals surface area contributed by atoms with E-state index in [-0.39, 0.29) is 0 Å². The maximum Gasteiger partial charge on any atom is 0.463 e. The molecular formula is C10H7F6NO. The van der Waals surface area contributed by atoms with E-state index in [1.807, 2.05) is 0 Å². The summed E-state index contributed by atoms with van der Waals surface area (Å²) < 4.78 is 73.8. The van der Waals surface area contributed by atoms with E-state index in [2.05, 4.69) is 0 Å². The Bertz CT molecular complexity index is 468. The molecule has 0 unspecified atom stereocenters. The van der Waals surface area contributed by atoms with Gasteiger partial charge in [0.1, 0.15) is 5.82 Å². The summed E-state index contributed by atoms with van der Waals surface area (Å²) in [6, 6.07) is 3.06. The van der Waals surface area contributed by atoms with Crippen molar-refractivity contribution in [2.75, 3.05) is 5.32 Å². The summed E-state index contributed by atoms with van der Waals surface area (Å²) in [5.41, 5.74) is -0.342. The van der Waals surface area contributed by atoms with Crippen LogP contribution < -0.4 is 5.32 Å². The van der Waals surface area contributed by atoms with Crippen LogP contribution in [-0.4, -0.2) is 18.0 Å². The van der Waals surface area contributed by atoms with Gasteiger partial charge in [-0.2, -0.15) is 22.0 Å². The second kappa shape index (κ2) is 4.51. The maximum absolute atomic E-state index is 13.1. The van der Waals surface area contributed by atoms with Gasteiger partial charge in [0, 0.05) is 0 Å². The second-order valence-corrected chi connectivity index (χ2v) is 3.51. The maximum atomic E-state index is 13.1. The van der Waals surface area contributed by atoms with Crippen molar-refractivity contribution in [2.45, 2.75) is 19.0 Å². The lowest BCUT2D eigenvalue weighted by Gasteiger charge is -2.18. The molecular weight excluding hydrogens is 264 g/mol. The number of alkyl halides is 5. The third-order valence-corrected chi connectivity index (χ3v) is 2.01. The molecule has 0 aliphatic carbocycles. The molecule has 0 saturated carbocycles. The molecule has 1 N–H and O–H groups in total. The first-order chi connectivity index (χ1) is 8.05. The third kappa shape index (κ3) is 2.74. The lowest BCUT2D eigenvalue weighted by atomic mass is 10.2. The fourth-order valence-electron chi connectivity index (χ4n) is 1.06. The summed E-state index contributed by atoms with van der Waals surface area (Å²) in [6.45, 7) is 1.46. The molecule has 0 fully saturated rings. The number of anilines is 1. The fraction of sp³-hybridized carbons (Fsp3) is 0.300. The molecule has 1 amide bonds. The van der Waals surface area contributed by atoms with Gasteiger partial charge in [0.25, 0.3) is 0 Å². The Morgan fingerprint density at radius 2 is 1.72 bits per heavy atom. The highest BCUT2D eigenvalue weighted by atomic mass is 19.4. The van der Waals surface area contributed by atoms with Crippen LogP contribution in [0.5, 0.6) is 0 Å². The van der Waals surface area contributed by atoms with E-state index in [4.69, 9.17) is 0 Å². The Hall–Kier alpha value is -1.73. The number of hydrogen-bond donors (Lipinski definition) is 1. The highest BCUT2D eigenvalue weighted by molar-refractivity contribution is 5.96. The van der Waals surface area contributed by atoms with Crippen molar-refractivity contribution in [3.63, 3.8) is 0 Å². The van der Waals surface area contributed by atoms with Crippen LogP contribution in [0.25, 0.3) is 0 Å². The van der Waals surface area contributed by atoms with Crippen molar-refractivity contribution in [3.05, 3.63) is 29.6 Å². The van der Waals surface area contributed by atoms with Crippen molar-refractivity contribution in [3.8, 4) is 0 Å². The van der Waals surface area contributed by atoms with E-state index in [9.17, 15) is 31.1 Å². The molecule has 100 valence electrons. The van der Waals surface area contributed by atoms with E-state index in [1.165, 1.54) is 18.3 Å². The molecule has 1 aromatic rings.